The average molecular weight is 264 g/mol. The summed E-state index contributed by atoms with van der Waals surface area (Å²) in [5.74, 6) is 0.429. The van der Waals surface area contributed by atoms with Crippen molar-refractivity contribution in [2.75, 3.05) is 20.3 Å². The minimum absolute atomic E-state index is 0.230. The Kier molecular flexibility index (Phi) is 5.09. The van der Waals surface area contributed by atoms with Crippen molar-refractivity contribution in [3.63, 3.8) is 0 Å². The van der Waals surface area contributed by atoms with E-state index in [9.17, 15) is 13.5 Å². The lowest BCUT2D eigenvalue weighted by atomic mass is 10.3. The second-order valence-electron chi connectivity index (χ2n) is 3.51. The van der Waals surface area contributed by atoms with Crippen molar-refractivity contribution < 1.29 is 22.7 Å². The van der Waals surface area contributed by atoms with Crippen molar-refractivity contribution in [1.82, 2.24) is 5.32 Å². The molecular weight excluding hydrogens is 248 g/mol. The number of aliphatic hydroxyl groups is 1. The van der Waals surface area contributed by atoms with Gasteiger partial charge in [-0.3, -0.25) is 0 Å². The number of ether oxygens (including phenoxy) is 1. The highest BCUT2D eigenvalue weighted by Crippen LogP contribution is 2.11. The summed E-state index contributed by atoms with van der Waals surface area (Å²) in [6.45, 7) is 0.850. The summed E-state index contributed by atoms with van der Waals surface area (Å²) in [5.41, 5.74) is 0. The lowest BCUT2D eigenvalue weighted by Gasteiger charge is -2.09. The molecule has 1 aromatic rings. The average Bonchev–Trinajstić information content (AvgIpc) is 2.66. The number of primary sulfonamides is 1. The molecule has 0 aliphatic heterocycles. The molecule has 0 fully saturated rings. The molecule has 0 aliphatic carbocycles. The maximum atomic E-state index is 10.9. The number of hydrogen-bond acceptors (Lipinski definition) is 6. The number of sulfonamides is 1. The van der Waals surface area contributed by atoms with Crippen molar-refractivity contribution >= 4 is 10.0 Å². The lowest BCUT2D eigenvalue weighted by molar-refractivity contribution is 0.0641. The molecule has 17 heavy (non-hydrogen) atoms. The smallest absolute Gasteiger partial charge is 0.271 e. The number of nitrogens with one attached hydrogen (secondary N) is 1. The zero-order valence-corrected chi connectivity index (χ0v) is 10.2. The normalized spacial score (nSPS) is 13.8. The fraction of sp³-hybridized carbons (Fsp3) is 0.556. The van der Waals surface area contributed by atoms with Crippen LogP contribution in [0.15, 0.2) is 21.6 Å². The quantitative estimate of drug-likeness (QED) is 0.583. The van der Waals surface area contributed by atoms with E-state index in [4.69, 9.17) is 14.3 Å². The number of methoxy groups -OCH3 is 1. The molecule has 0 aromatic carbocycles. The molecule has 0 saturated carbocycles. The third kappa shape index (κ3) is 4.84. The van der Waals surface area contributed by atoms with E-state index >= 15 is 0 Å². The molecule has 0 radical (unpaired) electrons. The molecule has 0 spiro atoms. The summed E-state index contributed by atoms with van der Waals surface area (Å²) in [6, 6.07) is 2.80. The van der Waals surface area contributed by atoms with Gasteiger partial charge in [-0.25, -0.2) is 13.6 Å². The first-order chi connectivity index (χ1) is 7.93. The zero-order valence-electron chi connectivity index (χ0n) is 9.42. The van der Waals surface area contributed by atoms with Gasteiger partial charge in [0.1, 0.15) is 5.76 Å². The van der Waals surface area contributed by atoms with Gasteiger partial charge >= 0.3 is 0 Å². The van der Waals surface area contributed by atoms with E-state index in [1.165, 1.54) is 19.2 Å². The topological polar surface area (TPSA) is 115 Å². The maximum Gasteiger partial charge on any atom is 0.271 e. The first kappa shape index (κ1) is 14.1. The summed E-state index contributed by atoms with van der Waals surface area (Å²) in [6.07, 6.45) is -0.618. The molecule has 8 heteroatoms. The SMILES string of the molecule is COCC(O)CNCc1ccc(S(N)(=O)=O)o1. The molecule has 1 atom stereocenters. The van der Waals surface area contributed by atoms with Gasteiger partial charge < -0.3 is 19.6 Å². The van der Waals surface area contributed by atoms with Gasteiger partial charge in [-0.1, -0.05) is 0 Å². The van der Waals surface area contributed by atoms with E-state index in [1.807, 2.05) is 0 Å². The van der Waals surface area contributed by atoms with Gasteiger partial charge in [-0.2, -0.15) is 0 Å². The number of nitrogens with two attached hydrogens (primary N) is 1. The molecule has 0 amide bonds. The minimum Gasteiger partial charge on any atom is -0.447 e. The molecule has 0 saturated heterocycles. The van der Waals surface area contributed by atoms with Crippen molar-refractivity contribution in [2.45, 2.75) is 17.7 Å². The number of aliphatic hydroxyl groups excluding tert-OH is 1. The molecule has 0 aliphatic rings. The Balaban J connectivity index is 2.41. The van der Waals surface area contributed by atoms with E-state index < -0.39 is 16.1 Å². The van der Waals surface area contributed by atoms with Crippen LogP contribution in [0.4, 0.5) is 0 Å². The fourth-order valence-corrected chi connectivity index (χ4v) is 1.70. The summed E-state index contributed by atoms with van der Waals surface area (Å²) in [7, 11) is -2.30. The lowest BCUT2D eigenvalue weighted by Crippen LogP contribution is -2.29. The van der Waals surface area contributed by atoms with Crippen LogP contribution in [-0.4, -0.2) is 39.9 Å². The molecule has 1 unspecified atom stereocenters. The first-order valence-electron chi connectivity index (χ1n) is 4.92. The van der Waals surface area contributed by atoms with E-state index in [-0.39, 0.29) is 11.7 Å². The fourth-order valence-electron chi connectivity index (χ4n) is 1.22. The second kappa shape index (κ2) is 6.12. The molecule has 1 heterocycles. The number of hydrogen-bond donors (Lipinski definition) is 3. The molecule has 98 valence electrons. The summed E-state index contributed by atoms with van der Waals surface area (Å²) in [5, 5.41) is 16.8. The van der Waals surface area contributed by atoms with Crippen LogP contribution in [0.1, 0.15) is 5.76 Å². The van der Waals surface area contributed by atoms with E-state index in [0.717, 1.165) is 0 Å². The highest BCUT2D eigenvalue weighted by molar-refractivity contribution is 7.89. The molecule has 1 rings (SSSR count). The highest BCUT2D eigenvalue weighted by atomic mass is 32.2. The Morgan fingerprint density at radius 3 is 2.82 bits per heavy atom. The van der Waals surface area contributed by atoms with Crippen LogP contribution in [-0.2, 0) is 21.3 Å². The minimum atomic E-state index is -3.80. The molecule has 0 bridgehead atoms. The third-order valence-corrected chi connectivity index (χ3v) is 2.74. The predicted molar refractivity (Wildman–Crippen MR) is 59.7 cm³/mol. The van der Waals surface area contributed by atoms with Gasteiger partial charge in [0.25, 0.3) is 10.0 Å². The summed E-state index contributed by atoms with van der Waals surface area (Å²) in [4.78, 5) is 0. The van der Waals surface area contributed by atoms with Gasteiger partial charge in [0.15, 0.2) is 0 Å². The van der Waals surface area contributed by atoms with E-state index in [1.54, 1.807) is 0 Å². The van der Waals surface area contributed by atoms with Gasteiger partial charge in [0.2, 0.25) is 5.09 Å². The predicted octanol–water partition coefficient (Wildman–Crippen LogP) is -0.976. The van der Waals surface area contributed by atoms with Crippen molar-refractivity contribution in [1.29, 1.82) is 0 Å². The van der Waals surface area contributed by atoms with Crippen LogP contribution < -0.4 is 10.5 Å². The third-order valence-electron chi connectivity index (χ3n) is 1.96. The monoisotopic (exact) mass is 264 g/mol. The van der Waals surface area contributed by atoms with Crippen molar-refractivity contribution in [3.8, 4) is 0 Å². The van der Waals surface area contributed by atoms with Crippen molar-refractivity contribution in [3.05, 3.63) is 17.9 Å². The van der Waals surface area contributed by atoms with Gasteiger partial charge in [-0.15, -0.1) is 0 Å². The van der Waals surface area contributed by atoms with Crippen LogP contribution in [0.3, 0.4) is 0 Å². The van der Waals surface area contributed by atoms with Gasteiger partial charge in [-0.05, 0) is 12.1 Å². The van der Waals surface area contributed by atoms with Crippen LogP contribution in [0, 0.1) is 0 Å². The number of rotatable bonds is 7. The van der Waals surface area contributed by atoms with E-state index in [2.05, 4.69) is 5.32 Å². The van der Waals surface area contributed by atoms with Crippen molar-refractivity contribution in [2.24, 2.45) is 5.14 Å². The maximum absolute atomic E-state index is 10.9. The Morgan fingerprint density at radius 1 is 1.59 bits per heavy atom. The Morgan fingerprint density at radius 2 is 2.29 bits per heavy atom. The van der Waals surface area contributed by atoms with Crippen LogP contribution in [0.2, 0.25) is 0 Å². The van der Waals surface area contributed by atoms with Crippen LogP contribution in [0.25, 0.3) is 0 Å². The number of furan rings is 1. The van der Waals surface area contributed by atoms with Crippen LogP contribution in [0.5, 0.6) is 0 Å². The second-order valence-corrected chi connectivity index (χ2v) is 5.00. The summed E-state index contributed by atoms with van der Waals surface area (Å²) >= 11 is 0. The Hall–Kier alpha value is -0.930. The van der Waals surface area contributed by atoms with E-state index in [0.29, 0.717) is 18.8 Å². The summed E-state index contributed by atoms with van der Waals surface area (Å²) < 4.78 is 31.6. The van der Waals surface area contributed by atoms with Crippen LogP contribution >= 0.6 is 0 Å². The van der Waals surface area contributed by atoms with Gasteiger partial charge in [0.05, 0.1) is 19.3 Å². The zero-order chi connectivity index (χ0) is 12.9. The Labute approximate surface area is 99.6 Å². The molecule has 1 aromatic heterocycles. The molecule has 4 N–H and O–H groups in total. The highest BCUT2D eigenvalue weighted by Gasteiger charge is 2.13. The largest absolute Gasteiger partial charge is 0.447 e. The molecule has 7 nitrogen and oxygen atoms in total. The first-order valence-corrected chi connectivity index (χ1v) is 6.47. The Bertz CT molecular complexity index is 442. The van der Waals surface area contributed by atoms with Gasteiger partial charge in [0, 0.05) is 13.7 Å². The molecular formula is C9H16N2O5S. The standard InChI is InChI=1S/C9H16N2O5S/c1-15-6-7(12)4-11-5-8-2-3-9(16-8)17(10,13)14/h2-3,7,11-12H,4-6H2,1H3,(H2,10,13,14).